The second-order valence-electron chi connectivity index (χ2n) is 5.40. The lowest BCUT2D eigenvalue weighted by Gasteiger charge is -2.14. The first-order valence-electron chi connectivity index (χ1n) is 6.98. The summed E-state index contributed by atoms with van der Waals surface area (Å²) in [5, 5.41) is 5.71. The number of benzene rings is 2. The van der Waals surface area contributed by atoms with E-state index >= 15 is 0 Å². The first-order valence-corrected chi connectivity index (χ1v) is 7.85. The highest BCUT2D eigenvalue weighted by molar-refractivity contribution is 8.14. The molecule has 4 heteroatoms. The first kappa shape index (κ1) is 14.0. The highest BCUT2D eigenvalue weighted by atomic mass is 32.2. The molecule has 1 aliphatic rings. The van der Waals surface area contributed by atoms with E-state index in [2.05, 4.69) is 85.0 Å². The molecule has 0 unspecified atom stereocenters. The van der Waals surface area contributed by atoms with E-state index in [0.717, 1.165) is 5.04 Å². The van der Waals surface area contributed by atoms with Crippen LogP contribution in [0.1, 0.15) is 22.1 Å². The number of hydrogen-bond acceptors (Lipinski definition) is 4. The number of hydrogen-bond donors (Lipinski definition) is 1. The normalized spacial score (nSPS) is 17.3. The molecule has 0 aliphatic carbocycles. The van der Waals surface area contributed by atoms with Crippen molar-refractivity contribution < 1.29 is 0 Å². The molecule has 1 heterocycles. The van der Waals surface area contributed by atoms with Gasteiger partial charge in [-0.25, -0.2) is 0 Å². The average molecular weight is 297 g/mol. The molecular formula is C17H19N3S. The molecule has 1 N–H and O–H groups in total. The summed E-state index contributed by atoms with van der Waals surface area (Å²) in [5.41, 5.74) is 8.12. The fourth-order valence-corrected chi connectivity index (χ4v) is 3.20. The third-order valence-corrected chi connectivity index (χ3v) is 4.69. The Morgan fingerprint density at radius 1 is 1.00 bits per heavy atom. The molecule has 1 atom stereocenters. The van der Waals surface area contributed by atoms with Crippen molar-refractivity contribution >= 4 is 22.5 Å². The molecule has 21 heavy (non-hydrogen) atoms. The van der Waals surface area contributed by atoms with Crippen LogP contribution in [0.4, 0.5) is 5.69 Å². The molecule has 0 spiro atoms. The highest BCUT2D eigenvalue weighted by Crippen LogP contribution is 2.34. The van der Waals surface area contributed by atoms with E-state index in [1.54, 1.807) is 11.8 Å². The zero-order chi connectivity index (χ0) is 14.8. The Labute approximate surface area is 130 Å². The van der Waals surface area contributed by atoms with Crippen molar-refractivity contribution in [3.05, 3.63) is 65.2 Å². The predicted molar refractivity (Wildman–Crippen MR) is 92.0 cm³/mol. The smallest absolute Gasteiger partial charge is 0.126 e. The monoisotopic (exact) mass is 297 g/mol. The molecule has 0 fully saturated rings. The largest absolute Gasteiger partial charge is 0.378 e. The summed E-state index contributed by atoms with van der Waals surface area (Å²) in [7, 11) is 4.10. The van der Waals surface area contributed by atoms with Gasteiger partial charge in [-0.05, 0) is 24.6 Å². The number of hydrazone groups is 1. The summed E-state index contributed by atoms with van der Waals surface area (Å²) in [6, 6.07) is 17.1. The van der Waals surface area contributed by atoms with E-state index in [-0.39, 0.29) is 5.37 Å². The number of nitrogens with zero attached hydrogens (tertiary/aromatic N) is 2. The summed E-state index contributed by atoms with van der Waals surface area (Å²) in [4.78, 5) is 2.10. The molecule has 0 bridgehead atoms. The standard InChI is InChI=1S/C17H19N3S/c1-12-4-6-13(7-5-12)16-18-19-17(21-16)14-8-10-15(11-9-14)20(2)3/h4-11,17,19H,1-3H3/t17-/m1/s1. The molecule has 3 nitrogen and oxygen atoms in total. The van der Waals surface area contributed by atoms with Crippen molar-refractivity contribution in [2.45, 2.75) is 12.3 Å². The number of aryl methyl sites for hydroxylation is 1. The Kier molecular flexibility index (Phi) is 3.88. The van der Waals surface area contributed by atoms with Crippen molar-refractivity contribution in [3.63, 3.8) is 0 Å². The van der Waals surface area contributed by atoms with Crippen molar-refractivity contribution in [2.24, 2.45) is 5.10 Å². The van der Waals surface area contributed by atoms with E-state index < -0.39 is 0 Å². The molecule has 3 rings (SSSR count). The third-order valence-electron chi connectivity index (χ3n) is 3.52. The number of nitrogens with one attached hydrogen (secondary N) is 1. The molecule has 108 valence electrons. The van der Waals surface area contributed by atoms with Gasteiger partial charge in [0.25, 0.3) is 0 Å². The van der Waals surface area contributed by atoms with Crippen molar-refractivity contribution in [3.8, 4) is 0 Å². The Morgan fingerprint density at radius 2 is 1.67 bits per heavy atom. The quantitative estimate of drug-likeness (QED) is 0.935. The minimum atomic E-state index is 0.192. The second kappa shape index (κ2) is 5.82. The van der Waals surface area contributed by atoms with Crippen LogP contribution >= 0.6 is 11.8 Å². The molecule has 0 saturated carbocycles. The minimum absolute atomic E-state index is 0.192. The molecule has 0 radical (unpaired) electrons. The van der Waals surface area contributed by atoms with Crippen LogP contribution in [-0.2, 0) is 0 Å². The Bertz CT molecular complexity index is 645. The van der Waals surface area contributed by atoms with E-state index in [1.165, 1.54) is 22.4 Å². The summed E-state index contributed by atoms with van der Waals surface area (Å²) >= 11 is 1.76. The molecule has 0 amide bonds. The van der Waals surface area contributed by atoms with Crippen LogP contribution in [0.3, 0.4) is 0 Å². The fraction of sp³-hybridized carbons (Fsp3) is 0.235. The maximum Gasteiger partial charge on any atom is 0.126 e. The number of anilines is 1. The molecule has 2 aromatic rings. The van der Waals surface area contributed by atoms with Gasteiger partial charge >= 0.3 is 0 Å². The lowest BCUT2D eigenvalue weighted by molar-refractivity contribution is 0.744. The molecular weight excluding hydrogens is 278 g/mol. The zero-order valence-corrected chi connectivity index (χ0v) is 13.3. The van der Waals surface area contributed by atoms with Crippen LogP contribution in [0.25, 0.3) is 0 Å². The predicted octanol–water partition coefficient (Wildman–Crippen LogP) is 3.76. The third kappa shape index (κ3) is 3.05. The maximum atomic E-state index is 4.47. The lowest BCUT2D eigenvalue weighted by atomic mass is 10.2. The van der Waals surface area contributed by atoms with Crippen LogP contribution in [-0.4, -0.2) is 19.1 Å². The first-order chi connectivity index (χ1) is 10.1. The van der Waals surface area contributed by atoms with Crippen LogP contribution in [0, 0.1) is 6.92 Å². The van der Waals surface area contributed by atoms with Gasteiger partial charge in [0.1, 0.15) is 10.4 Å². The van der Waals surface area contributed by atoms with Crippen LogP contribution in [0.2, 0.25) is 0 Å². The Balaban J connectivity index is 1.72. The second-order valence-corrected chi connectivity index (χ2v) is 6.49. The lowest BCUT2D eigenvalue weighted by Crippen LogP contribution is -2.10. The minimum Gasteiger partial charge on any atom is -0.378 e. The van der Waals surface area contributed by atoms with E-state index in [4.69, 9.17) is 0 Å². The van der Waals surface area contributed by atoms with Gasteiger partial charge in [0.2, 0.25) is 0 Å². The molecule has 1 aliphatic heterocycles. The van der Waals surface area contributed by atoms with Crippen molar-refractivity contribution in [1.29, 1.82) is 0 Å². The molecule has 2 aromatic carbocycles. The Hall–Kier alpha value is -1.94. The van der Waals surface area contributed by atoms with Gasteiger partial charge in [0.05, 0.1) is 0 Å². The van der Waals surface area contributed by atoms with Gasteiger partial charge in [-0.1, -0.05) is 53.7 Å². The SMILES string of the molecule is Cc1ccc(C2=NN[C@@H](c3ccc(N(C)C)cc3)S2)cc1. The number of rotatable bonds is 3. The summed E-state index contributed by atoms with van der Waals surface area (Å²) in [6.07, 6.45) is 0. The molecule has 0 aromatic heterocycles. The van der Waals surface area contributed by atoms with Crippen LogP contribution in [0.5, 0.6) is 0 Å². The Morgan fingerprint density at radius 3 is 2.29 bits per heavy atom. The number of thioether (sulfide) groups is 1. The van der Waals surface area contributed by atoms with Gasteiger partial charge in [-0.3, -0.25) is 5.43 Å². The van der Waals surface area contributed by atoms with Gasteiger partial charge in [-0.15, -0.1) is 0 Å². The van der Waals surface area contributed by atoms with Gasteiger partial charge in [0.15, 0.2) is 0 Å². The zero-order valence-electron chi connectivity index (χ0n) is 12.5. The van der Waals surface area contributed by atoms with Crippen LogP contribution < -0.4 is 10.3 Å². The maximum absolute atomic E-state index is 4.47. The van der Waals surface area contributed by atoms with Crippen molar-refractivity contribution in [2.75, 3.05) is 19.0 Å². The van der Waals surface area contributed by atoms with E-state index in [0.29, 0.717) is 0 Å². The van der Waals surface area contributed by atoms with E-state index in [9.17, 15) is 0 Å². The van der Waals surface area contributed by atoms with Gasteiger partial charge in [0, 0.05) is 25.3 Å². The van der Waals surface area contributed by atoms with E-state index in [1.807, 2.05) is 0 Å². The molecule has 0 saturated heterocycles. The van der Waals surface area contributed by atoms with Crippen molar-refractivity contribution in [1.82, 2.24) is 5.43 Å². The summed E-state index contributed by atoms with van der Waals surface area (Å²) in [6.45, 7) is 2.10. The summed E-state index contributed by atoms with van der Waals surface area (Å²) in [5.74, 6) is 0. The van der Waals surface area contributed by atoms with Crippen LogP contribution in [0.15, 0.2) is 53.6 Å². The average Bonchev–Trinajstić information content (AvgIpc) is 2.98. The summed E-state index contributed by atoms with van der Waals surface area (Å²) < 4.78 is 0. The fourth-order valence-electron chi connectivity index (χ4n) is 2.20. The van der Waals surface area contributed by atoms with Gasteiger partial charge in [-0.2, -0.15) is 5.10 Å². The van der Waals surface area contributed by atoms with Gasteiger partial charge < -0.3 is 4.90 Å². The highest BCUT2D eigenvalue weighted by Gasteiger charge is 2.21. The topological polar surface area (TPSA) is 27.6 Å².